The van der Waals surface area contributed by atoms with Gasteiger partial charge in [-0.2, -0.15) is 4.98 Å². The topological polar surface area (TPSA) is 114 Å². The van der Waals surface area contributed by atoms with Crippen molar-refractivity contribution in [2.75, 3.05) is 5.32 Å². The summed E-state index contributed by atoms with van der Waals surface area (Å²) >= 11 is 0. The number of rotatable bonds is 4. The molecule has 0 atom stereocenters. The maximum Gasteiger partial charge on any atom is 0.333 e. The van der Waals surface area contributed by atoms with Crippen molar-refractivity contribution in [1.29, 1.82) is 0 Å². The molecule has 0 aliphatic carbocycles. The Morgan fingerprint density at radius 2 is 1.81 bits per heavy atom. The zero-order valence-electron chi connectivity index (χ0n) is 14.1. The fourth-order valence-corrected chi connectivity index (χ4v) is 3.11. The molecule has 0 spiro atoms. The van der Waals surface area contributed by atoms with Crippen molar-refractivity contribution in [3.05, 3.63) is 59.9 Å². The van der Waals surface area contributed by atoms with E-state index >= 15 is 0 Å². The molecule has 0 saturated carbocycles. The largest absolute Gasteiger partial charge is 0.334 e. The average Bonchev–Trinajstić information content (AvgIpc) is 3.01. The van der Waals surface area contributed by atoms with E-state index in [0.29, 0.717) is 23.0 Å². The fraction of sp³-hybridized carbons (Fsp3) is 0.118. The molecule has 134 valence electrons. The Hall–Kier alpha value is -3.20. The van der Waals surface area contributed by atoms with Crippen LogP contribution < -0.4 is 10.0 Å². The van der Waals surface area contributed by atoms with Crippen LogP contribution in [0.4, 0.5) is 10.5 Å². The Kier molecular flexibility index (Phi) is 4.72. The van der Waals surface area contributed by atoms with Gasteiger partial charge in [-0.25, -0.2) is 17.9 Å². The Labute approximate surface area is 150 Å². The fourth-order valence-electron chi connectivity index (χ4n) is 2.20. The maximum absolute atomic E-state index is 12.2. The van der Waals surface area contributed by atoms with Gasteiger partial charge in [-0.05, 0) is 44.2 Å². The third-order valence-corrected chi connectivity index (χ3v) is 4.80. The standard InChI is InChI=1S/C17H16N4O4S/c1-11-6-8-15(9-7-11)26(23,24)21-17(22)19-14-5-3-4-13(10-14)16-18-12(2)20-25-16/h3-10H,1-2H3,(H2,19,21,22). The number of aryl methyl sites for hydroxylation is 2. The summed E-state index contributed by atoms with van der Waals surface area (Å²) in [5.41, 5.74) is 1.90. The van der Waals surface area contributed by atoms with Gasteiger partial charge in [0.1, 0.15) is 0 Å². The number of aromatic nitrogens is 2. The predicted molar refractivity (Wildman–Crippen MR) is 95.0 cm³/mol. The number of hydrogen-bond donors (Lipinski definition) is 2. The molecule has 0 bridgehead atoms. The number of anilines is 1. The Bertz CT molecular complexity index is 1040. The summed E-state index contributed by atoms with van der Waals surface area (Å²) in [6.07, 6.45) is 0. The van der Waals surface area contributed by atoms with Crippen LogP contribution in [-0.2, 0) is 10.0 Å². The van der Waals surface area contributed by atoms with E-state index in [-0.39, 0.29) is 4.90 Å². The number of carbonyl (C=O) groups excluding carboxylic acids is 1. The minimum atomic E-state index is -3.96. The monoisotopic (exact) mass is 372 g/mol. The third-order valence-electron chi connectivity index (χ3n) is 3.45. The van der Waals surface area contributed by atoms with E-state index in [1.165, 1.54) is 12.1 Å². The van der Waals surface area contributed by atoms with Crippen LogP contribution in [0, 0.1) is 13.8 Å². The van der Waals surface area contributed by atoms with Crippen LogP contribution in [0.5, 0.6) is 0 Å². The number of amides is 2. The molecule has 8 nitrogen and oxygen atoms in total. The zero-order chi connectivity index (χ0) is 18.7. The van der Waals surface area contributed by atoms with Gasteiger partial charge in [0.2, 0.25) is 0 Å². The highest BCUT2D eigenvalue weighted by molar-refractivity contribution is 7.90. The van der Waals surface area contributed by atoms with Crippen molar-refractivity contribution >= 4 is 21.7 Å². The number of sulfonamides is 1. The molecule has 2 aromatic carbocycles. The molecule has 3 rings (SSSR count). The van der Waals surface area contributed by atoms with Crippen LogP contribution in [0.15, 0.2) is 57.9 Å². The van der Waals surface area contributed by atoms with Crippen LogP contribution in [0.3, 0.4) is 0 Å². The van der Waals surface area contributed by atoms with Gasteiger partial charge in [0.15, 0.2) is 5.82 Å². The summed E-state index contributed by atoms with van der Waals surface area (Å²) in [5, 5.41) is 6.18. The van der Waals surface area contributed by atoms with Crippen molar-refractivity contribution in [3.63, 3.8) is 0 Å². The lowest BCUT2D eigenvalue weighted by Crippen LogP contribution is -2.34. The van der Waals surface area contributed by atoms with Crippen molar-refractivity contribution in [3.8, 4) is 11.5 Å². The molecular formula is C17H16N4O4S. The molecular weight excluding hydrogens is 356 g/mol. The summed E-state index contributed by atoms with van der Waals surface area (Å²) in [5.74, 6) is 0.791. The highest BCUT2D eigenvalue weighted by atomic mass is 32.2. The maximum atomic E-state index is 12.2. The van der Waals surface area contributed by atoms with E-state index in [1.807, 2.05) is 11.6 Å². The lowest BCUT2D eigenvalue weighted by atomic mass is 10.2. The molecule has 2 N–H and O–H groups in total. The number of urea groups is 1. The highest BCUT2D eigenvalue weighted by Crippen LogP contribution is 2.21. The van der Waals surface area contributed by atoms with Crippen LogP contribution in [0.1, 0.15) is 11.4 Å². The molecule has 0 aliphatic heterocycles. The highest BCUT2D eigenvalue weighted by Gasteiger charge is 2.17. The van der Waals surface area contributed by atoms with Crippen molar-refractivity contribution in [2.45, 2.75) is 18.7 Å². The van der Waals surface area contributed by atoms with E-state index in [9.17, 15) is 13.2 Å². The molecule has 1 aromatic heterocycles. The third kappa shape index (κ3) is 4.06. The number of carbonyl (C=O) groups is 1. The van der Waals surface area contributed by atoms with Gasteiger partial charge in [-0.3, -0.25) is 0 Å². The predicted octanol–water partition coefficient (Wildman–Crippen LogP) is 2.86. The summed E-state index contributed by atoms with van der Waals surface area (Å²) in [7, 11) is -3.96. The van der Waals surface area contributed by atoms with E-state index in [2.05, 4.69) is 15.5 Å². The second-order valence-electron chi connectivity index (χ2n) is 5.60. The van der Waals surface area contributed by atoms with Gasteiger partial charge in [0, 0.05) is 11.3 Å². The number of hydrogen-bond acceptors (Lipinski definition) is 6. The van der Waals surface area contributed by atoms with Crippen molar-refractivity contribution < 1.29 is 17.7 Å². The normalized spacial score (nSPS) is 11.2. The van der Waals surface area contributed by atoms with Gasteiger partial charge >= 0.3 is 6.03 Å². The Morgan fingerprint density at radius 3 is 2.46 bits per heavy atom. The van der Waals surface area contributed by atoms with E-state index in [4.69, 9.17) is 4.52 Å². The van der Waals surface area contributed by atoms with Gasteiger partial charge in [-0.1, -0.05) is 28.9 Å². The second kappa shape index (κ2) is 6.96. The van der Waals surface area contributed by atoms with E-state index in [0.717, 1.165) is 5.56 Å². The molecule has 0 fully saturated rings. The van der Waals surface area contributed by atoms with Crippen LogP contribution in [0.25, 0.3) is 11.5 Å². The first-order valence-corrected chi connectivity index (χ1v) is 9.13. The first-order chi connectivity index (χ1) is 12.3. The quantitative estimate of drug-likeness (QED) is 0.728. The van der Waals surface area contributed by atoms with Gasteiger partial charge < -0.3 is 9.84 Å². The van der Waals surface area contributed by atoms with Crippen LogP contribution in [0.2, 0.25) is 0 Å². The van der Waals surface area contributed by atoms with Gasteiger partial charge in [0.25, 0.3) is 15.9 Å². The summed E-state index contributed by atoms with van der Waals surface area (Å²) < 4.78 is 31.5. The molecule has 9 heteroatoms. The first-order valence-electron chi connectivity index (χ1n) is 7.65. The molecule has 0 aliphatic rings. The molecule has 26 heavy (non-hydrogen) atoms. The lowest BCUT2D eigenvalue weighted by molar-refractivity contribution is 0.256. The SMILES string of the molecule is Cc1ccc(S(=O)(=O)NC(=O)Nc2cccc(-c3nc(C)no3)c2)cc1. The van der Waals surface area contributed by atoms with Crippen LogP contribution in [-0.4, -0.2) is 24.6 Å². The van der Waals surface area contributed by atoms with Gasteiger partial charge in [0.05, 0.1) is 4.90 Å². The summed E-state index contributed by atoms with van der Waals surface area (Å²) in [6, 6.07) is 11.9. The minimum absolute atomic E-state index is 0.00772. The minimum Gasteiger partial charge on any atom is -0.334 e. The van der Waals surface area contributed by atoms with E-state index < -0.39 is 16.1 Å². The average molecular weight is 372 g/mol. The molecule has 2 amide bonds. The zero-order valence-corrected chi connectivity index (χ0v) is 14.9. The molecule has 0 radical (unpaired) electrons. The molecule has 1 heterocycles. The molecule has 0 unspecified atom stereocenters. The number of nitrogens with one attached hydrogen (secondary N) is 2. The Morgan fingerprint density at radius 1 is 1.08 bits per heavy atom. The Balaban J connectivity index is 1.73. The molecule has 0 saturated heterocycles. The smallest absolute Gasteiger partial charge is 0.333 e. The lowest BCUT2D eigenvalue weighted by Gasteiger charge is -2.09. The van der Waals surface area contributed by atoms with Gasteiger partial charge in [-0.15, -0.1) is 0 Å². The second-order valence-corrected chi connectivity index (χ2v) is 7.28. The van der Waals surface area contributed by atoms with E-state index in [1.54, 1.807) is 43.3 Å². The number of nitrogens with zero attached hydrogens (tertiary/aromatic N) is 2. The first kappa shape index (κ1) is 17.6. The number of benzene rings is 2. The summed E-state index contributed by atoms with van der Waals surface area (Å²) in [6.45, 7) is 3.53. The van der Waals surface area contributed by atoms with Crippen LogP contribution >= 0.6 is 0 Å². The van der Waals surface area contributed by atoms with Crippen molar-refractivity contribution in [2.24, 2.45) is 0 Å². The molecule has 3 aromatic rings. The van der Waals surface area contributed by atoms with Crippen molar-refractivity contribution in [1.82, 2.24) is 14.9 Å². The summed E-state index contributed by atoms with van der Waals surface area (Å²) in [4.78, 5) is 16.2.